The molecule has 2 N–H and O–H groups in total. The Labute approximate surface area is 104 Å². The first kappa shape index (κ1) is 9.54. The Morgan fingerprint density at radius 3 is 2.39 bits per heavy atom. The molecule has 0 spiro atoms. The van der Waals surface area contributed by atoms with E-state index in [1.165, 1.54) is 32.9 Å². The van der Waals surface area contributed by atoms with E-state index >= 15 is 0 Å². The molecule has 0 radical (unpaired) electrons. The summed E-state index contributed by atoms with van der Waals surface area (Å²) in [6, 6.07) is 16.8. The second kappa shape index (κ2) is 3.50. The second-order valence-corrected chi connectivity index (χ2v) is 4.50. The van der Waals surface area contributed by atoms with Crippen LogP contribution in [0.15, 0.2) is 60.9 Å². The molecule has 0 atom stereocenters. The van der Waals surface area contributed by atoms with Crippen molar-refractivity contribution in [3.8, 4) is 11.3 Å². The first-order valence-electron chi connectivity index (χ1n) is 6.06. The summed E-state index contributed by atoms with van der Waals surface area (Å²) in [6.07, 6.45) is 4.13. The number of rotatable bonds is 1. The lowest BCUT2D eigenvalue weighted by Gasteiger charge is -1.97. The van der Waals surface area contributed by atoms with Crippen LogP contribution in [0.25, 0.3) is 32.9 Å². The van der Waals surface area contributed by atoms with E-state index in [0.717, 1.165) is 0 Å². The molecule has 0 aliphatic carbocycles. The summed E-state index contributed by atoms with van der Waals surface area (Å²) in [4.78, 5) is 6.71. The van der Waals surface area contributed by atoms with Gasteiger partial charge in [0.2, 0.25) is 0 Å². The molecule has 0 aliphatic heterocycles. The molecule has 2 nitrogen and oxygen atoms in total. The molecule has 0 unspecified atom stereocenters. The van der Waals surface area contributed by atoms with Gasteiger partial charge in [-0.1, -0.05) is 42.5 Å². The molecule has 2 aromatic heterocycles. The summed E-state index contributed by atoms with van der Waals surface area (Å²) in [7, 11) is 0. The third-order valence-corrected chi connectivity index (χ3v) is 3.46. The molecule has 2 heterocycles. The zero-order chi connectivity index (χ0) is 11.9. The predicted molar refractivity (Wildman–Crippen MR) is 75.6 cm³/mol. The van der Waals surface area contributed by atoms with Crippen LogP contribution in [0, 0.1) is 0 Å². The van der Waals surface area contributed by atoms with Gasteiger partial charge in [0.15, 0.2) is 0 Å². The van der Waals surface area contributed by atoms with Gasteiger partial charge < -0.3 is 9.97 Å². The fourth-order valence-electron chi connectivity index (χ4n) is 2.58. The molecule has 4 rings (SSSR count). The summed E-state index contributed by atoms with van der Waals surface area (Å²) in [6.45, 7) is 0. The van der Waals surface area contributed by atoms with E-state index < -0.39 is 0 Å². The molecule has 2 heteroatoms. The average molecular weight is 232 g/mol. The van der Waals surface area contributed by atoms with Gasteiger partial charge in [-0.05, 0) is 11.5 Å². The van der Waals surface area contributed by atoms with Crippen molar-refractivity contribution in [2.24, 2.45) is 0 Å². The predicted octanol–water partition coefficient (Wildman–Crippen LogP) is 4.32. The van der Waals surface area contributed by atoms with Crippen LogP contribution in [-0.4, -0.2) is 9.97 Å². The molecule has 2 aromatic carbocycles. The van der Waals surface area contributed by atoms with Gasteiger partial charge >= 0.3 is 0 Å². The fourth-order valence-corrected chi connectivity index (χ4v) is 2.58. The lowest BCUT2D eigenvalue weighted by molar-refractivity contribution is 1.41. The number of hydrogen-bond acceptors (Lipinski definition) is 0. The summed E-state index contributed by atoms with van der Waals surface area (Å²) < 4.78 is 0. The van der Waals surface area contributed by atoms with Gasteiger partial charge in [0.1, 0.15) is 0 Å². The van der Waals surface area contributed by atoms with Crippen molar-refractivity contribution in [2.45, 2.75) is 0 Å². The van der Waals surface area contributed by atoms with E-state index in [2.05, 4.69) is 70.9 Å². The van der Waals surface area contributed by atoms with E-state index in [-0.39, 0.29) is 0 Å². The van der Waals surface area contributed by atoms with Crippen molar-refractivity contribution in [3.63, 3.8) is 0 Å². The topological polar surface area (TPSA) is 31.6 Å². The standard InChI is InChI=1S/C16H12N2/c1-2-6-12-11(5-1)9-18-16(12)14-10-17-15-8-4-3-7-13(14)15/h1-10,17-18H. The van der Waals surface area contributed by atoms with Crippen LogP contribution < -0.4 is 0 Å². The Morgan fingerprint density at radius 2 is 1.44 bits per heavy atom. The van der Waals surface area contributed by atoms with E-state index in [0.29, 0.717) is 0 Å². The molecule has 0 saturated heterocycles. The van der Waals surface area contributed by atoms with Crippen molar-refractivity contribution >= 4 is 21.7 Å². The minimum atomic E-state index is 1.17. The third kappa shape index (κ3) is 1.23. The second-order valence-electron chi connectivity index (χ2n) is 4.50. The summed E-state index contributed by atoms with van der Waals surface area (Å²) >= 11 is 0. The lowest BCUT2D eigenvalue weighted by Crippen LogP contribution is -1.75. The van der Waals surface area contributed by atoms with Gasteiger partial charge in [0.25, 0.3) is 0 Å². The van der Waals surface area contributed by atoms with Crippen molar-refractivity contribution in [3.05, 3.63) is 60.9 Å². The smallest absolute Gasteiger partial charge is 0.0555 e. The van der Waals surface area contributed by atoms with E-state index in [1.807, 2.05) is 0 Å². The van der Waals surface area contributed by atoms with Gasteiger partial charge in [-0.25, -0.2) is 0 Å². The number of benzene rings is 2. The highest BCUT2D eigenvalue weighted by atomic mass is 14.7. The highest BCUT2D eigenvalue weighted by Gasteiger charge is 2.09. The fraction of sp³-hybridized carbons (Fsp3) is 0. The maximum atomic E-state index is 3.39. The van der Waals surface area contributed by atoms with Crippen LogP contribution >= 0.6 is 0 Å². The Kier molecular flexibility index (Phi) is 1.86. The normalized spacial score (nSPS) is 11.3. The van der Waals surface area contributed by atoms with Gasteiger partial charge in [0.05, 0.1) is 5.69 Å². The van der Waals surface area contributed by atoms with Crippen LogP contribution in [0.3, 0.4) is 0 Å². The summed E-state index contributed by atoms with van der Waals surface area (Å²) in [5.74, 6) is 0. The molecule has 0 aliphatic rings. The lowest BCUT2D eigenvalue weighted by atomic mass is 10.1. The van der Waals surface area contributed by atoms with E-state index in [4.69, 9.17) is 0 Å². The Bertz CT molecular complexity index is 764. The van der Waals surface area contributed by atoms with E-state index in [9.17, 15) is 0 Å². The SMILES string of the molecule is c1ccc2c(-c3c[nH]c4ccccc34)[nH]cc2c1. The average Bonchev–Trinajstić information content (AvgIpc) is 3.01. The van der Waals surface area contributed by atoms with Crippen molar-refractivity contribution in [2.75, 3.05) is 0 Å². The van der Waals surface area contributed by atoms with Crippen LogP contribution in [0.4, 0.5) is 0 Å². The number of nitrogens with one attached hydrogen (secondary N) is 2. The van der Waals surface area contributed by atoms with Crippen LogP contribution in [0.5, 0.6) is 0 Å². The van der Waals surface area contributed by atoms with Crippen molar-refractivity contribution < 1.29 is 0 Å². The quantitative estimate of drug-likeness (QED) is 0.490. The third-order valence-electron chi connectivity index (χ3n) is 3.46. The highest BCUT2D eigenvalue weighted by Crippen LogP contribution is 2.32. The molecule has 0 amide bonds. The van der Waals surface area contributed by atoms with Crippen molar-refractivity contribution in [1.29, 1.82) is 0 Å². The van der Waals surface area contributed by atoms with Crippen LogP contribution in [0.2, 0.25) is 0 Å². The minimum Gasteiger partial charge on any atom is -0.360 e. The molecule has 86 valence electrons. The van der Waals surface area contributed by atoms with Gasteiger partial charge in [-0.3, -0.25) is 0 Å². The zero-order valence-electron chi connectivity index (χ0n) is 9.77. The highest BCUT2D eigenvalue weighted by molar-refractivity contribution is 6.04. The Morgan fingerprint density at radius 1 is 0.667 bits per heavy atom. The largest absolute Gasteiger partial charge is 0.360 e. The number of fused-ring (bicyclic) bond motifs is 2. The molecule has 0 saturated carbocycles. The molecule has 4 aromatic rings. The number of hydrogen-bond donors (Lipinski definition) is 2. The molecule has 18 heavy (non-hydrogen) atoms. The first-order chi connectivity index (χ1) is 8.93. The minimum absolute atomic E-state index is 1.17. The maximum Gasteiger partial charge on any atom is 0.0555 e. The number of aromatic amines is 2. The maximum absolute atomic E-state index is 3.39. The van der Waals surface area contributed by atoms with Gasteiger partial charge in [-0.15, -0.1) is 0 Å². The van der Waals surface area contributed by atoms with Crippen LogP contribution in [0.1, 0.15) is 0 Å². The number of para-hydroxylation sites is 1. The molecular formula is C16H12N2. The molecule has 0 fully saturated rings. The Hall–Kier alpha value is -2.48. The van der Waals surface area contributed by atoms with Crippen molar-refractivity contribution in [1.82, 2.24) is 9.97 Å². The monoisotopic (exact) mass is 232 g/mol. The van der Waals surface area contributed by atoms with Crippen LogP contribution in [-0.2, 0) is 0 Å². The van der Waals surface area contributed by atoms with Gasteiger partial charge in [-0.2, -0.15) is 0 Å². The number of aromatic nitrogens is 2. The summed E-state index contributed by atoms with van der Waals surface area (Å²) in [5.41, 5.74) is 3.58. The van der Waals surface area contributed by atoms with E-state index in [1.54, 1.807) is 0 Å². The van der Waals surface area contributed by atoms with Gasteiger partial charge in [0, 0.05) is 34.2 Å². The zero-order valence-corrected chi connectivity index (χ0v) is 9.77. The number of H-pyrrole nitrogens is 2. The first-order valence-corrected chi connectivity index (χ1v) is 6.06. The summed E-state index contributed by atoms with van der Waals surface area (Å²) in [5, 5.41) is 3.77. The molecular weight excluding hydrogens is 220 g/mol. The molecule has 0 bridgehead atoms. The Balaban J connectivity index is 2.08.